The quantitative estimate of drug-likeness (QED) is 0.571. The maximum absolute atomic E-state index is 12.7. The minimum absolute atomic E-state index is 0.0592. The van der Waals surface area contributed by atoms with E-state index in [2.05, 4.69) is 22.4 Å². The molecule has 0 radical (unpaired) electrons. The van der Waals surface area contributed by atoms with Crippen molar-refractivity contribution in [2.75, 3.05) is 18.4 Å². The summed E-state index contributed by atoms with van der Waals surface area (Å²) in [5, 5.41) is 3.34. The molecule has 0 aliphatic carbocycles. The van der Waals surface area contributed by atoms with Crippen molar-refractivity contribution in [1.82, 2.24) is 14.5 Å². The monoisotopic (exact) mass is 363 g/mol. The predicted octanol–water partition coefficient (Wildman–Crippen LogP) is 2.70. The Morgan fingerprint density at radius 3 is 2.56 bits per heavy atom. The van der Waals surface area contributed by atoms with Gasteiger partial charge in [0, 0.05) is 37.1 Å². The van der Waals surface area contributed by atoms with Gasteiger partial charge in [0.25, 0.3) is 5.56 Å². The van der Waals surface area contributed by atoms with Crippen molar-refractivity contribution in [3.63, 3.8) is 0 Å². The largest absolute Gasteiger partial charge is 0.355 e. The lowest BCUT2D eigenvalue weighted by atomic mass is 10.1. The van der Waals surface area contributed by atoms with Gasteiger partial charge in [-0.25, -0.2) is 4.98 Å². The first kappa shape index (κ1) is 18.8. The van der Waals surface area contributed by atoms with E-state index in [0.29, 0.717) is 31.3 Å². The van der Waals surface area contributed by atoms with Gasteiger partial charge in [0.15, 0.2) is 0 Å². The van der Waals surface area contributed by atoms with Crippen LogP contribution in [0.3, 0.4) is 0 Å². The number of nitrogens with zero attached hydrogens (tertiary/aromatic N) is 3. The highest BCUT2D eigenvalue weighted by Gasteiger charge is 2.10. The lowest BCUT2D eigenvalue weighted by Gasteiger charge is -2.15. The van der Waals surface area contributed by atoms with Gasteiger partial charge in [0.2, 0.25) is 5.95 Å². The van der Waals surface area contributed by atoms with E-state index in [1.807, 2.05) is 30.3 Å². The molecule has 6 heteroatoms. The Labute approximate surface area is 159 Å². The lowest BCUT2D eigenvalue weighted by Crippen LogP contribution is -2.26. The molecule has 0 aliphatic heterocycles. The highest BCUT2D eigenvalue weighted by atomic mass is 16.1. The molecule has 0 fully saturated rings. The van der Waals surface area contributed by atoms with Gasteiger partial charge in [-0.05, 0) is 43.5 Å². The molecule has 2 heterocycles. The minimum Gasteiger partial charge on any atom is -0.355 e. The third kappa shape index (κ3) is 5.24. The second-order valence-corrected chi connectivity index (χ2v) is 6.35. The van der Waals surface area contributed by atoms with Gasteiger partial charge in [0.1, 0.15) is 0 Å². The standard InChI is InChI=1S/C21H25N5O/c22-11-4-5-15-26-20(27)16-19(18-9-12-23-13-10-18)25-21(26)24-14-8-17-6-2-1-3-7-17/h1-3,6-7,9-10,12-13,16H,4-5,8,11,14-15,22H2,(H,24,25). The third-order valence-electron chi connectivity index (χ3n) is 4.36. The molecule has 3 rings (SSSR count). The number of benzene rings is 1. The number of hydrogen-bond donors (Lipinski definition) is 2. The van der Waals surface area contributed by atoms with Crippen LogP contribution < -0.4 is 16.6 Å². The molecule has 2 aromatic heterocycles. The van der Waals surface area contributed by atoms with Crippen LogP contribution in [0.4, 0.5) is 5.95 Å². The van der Waals surface area contributed by atoms with Gasteiger partial charge < -0.3 is 11.1 Å². The smallest absolute Gasteiger partial charge is 0.255 e. The van der Waals surface area contributed by atoms with Crippen LogP contribution in [0.25, 0.3) is 11.3 Å². The van der Waals surface area contributed by atoms with Crippen LogP contribution in [0.15, 0.2) is 65.7 Å². The van der Waals surface area contributed by atoms with E-state index >= 15 is 0 Å². The van der Waals surface area contributed by atoms with Crippen LogP contribution >= 0.6 is 0 Å². The number of pyridine rings is 1. The van der Waals surface area contributed by atoms with Crippen LogP contribution in [-0.2, 0) is 13.0 Å². The molecule has 0 saturated heterocycles. The Bertz CT molecular complexity index is 893. The third-order valence-corrected chi connectivity index (χ3v) is 4.36. The second-order valence-electron chi connectivity index (χ2n) is 6.35. The van der Waals surface area contributed by atoms with E-state index in [4.69, 9.17) is 10.7 Å². The topological polar surface area (TPSA) is 85.8 Å². The molecule has 0 amide bonds. The van der Waals surface area contributed by atoms with E-state index in [-0.39, 0.29) is 5.56 Å². The summed E-state index contributed by atoms with van der Waals surface area (Å²) in [6.07, 6.45) is 5.99. The number of rotatable bonds is 9. The summed E-state index contributed by atoms with van der Waals surface area (Å²) in [5.41, 5.74) is 8.30. The molecule has 140 valence electrons. The normalized spacial score (nSPS) is 10.7. The summed E-state index contributed by atoms with van der Waals surface area (Å²) in [7, 11) is 0. The van der Waals surface area contributed by atoms with Crippen molar-refractivity contribution >= 4 is 5.95 Å². The van der Waals surface area contributed by atoms with Crippen LogP contribution in [0, 0.1) is 0 Å². The summed E-state index contributed by atoms with van der Waals surface area (Å²) in [6.45, 7) is 1.93. The molecule has 3 N–H and O–H groups in total. The van der Waals surface area contributed by atoms with Gasteiger partial charge >= 0.3 is 0 Å². The van der Waals surface area contributed by atoms with Crippen molar-refractivity contribution in [3.8, 4) is 11.3 Å². The van der Waals surface area contributed by atoms with Gasteiger partial charge in [-0.1, -0.05) is 30.3 Å². The number of nitrogens with one attached hydrogen (secondary N) is 1. The number of nitrogens with two attached hydrogens (primary N) is 1. The molecule has 1 aromatic carbocycles. The van der Waals surface area contributed by atoms with Crippen LogP contribution in [0.5, 0.6) is 0 Å². The van der Waals surface area contributed by atoms with Crippen molar-refractivity contribution in [2.45, 2.75) is 25.8 Å². The maximum Gasteiger partial charge on any atom is 0.255 e. The molecule has 0 atom stereocenters. The van der Waals surface area contributed by atoms with Crippen molar-refractivity contribution in [1.29, 1.82) is 0 Å². The average Bonchev–Trinajstić information content (AvgIpc) is 2.71. The van der Waals surface area contributed by atoms with E-state index in [0.717, 1.165) is 24.8 Å². The van der Waals surface area contributed by atoms with Crippen molar-refractivity contribution < 1.29 is 0 Å². The molecule has 0 saturated carbocycles. The maximum atomic E-state index is 12.7. The zero-order valence-corrected chi connectivity index (χ0v) is 15.3. The fourth-order valence-electron chi connectivity index (χ4n) is 2.91. The Morgan fingerprint density at radius 2 is 1.81 bits per heavy atom. The fraction of sp³-hybridized carbons (Fsp3) is 0.286. The Hall–Kier alpha value is -2.99. The molecular formula is C21H25N5O. The van der Waals surface area contributed by atoms with Gasteiger partial charge in [-0.2, -0.15) is 0 Å². The van der Waals surface area contributed by atoms with Gasteiger partial charge in [-0.3, -0.25) is 14.3 Å². The zero-order valence-electron chi connectivity index (χ0n) is 15.3. The molecule has 0 aliphatic rings. The molecule has 27 heavy (non-hydrogen) atoms. The molecular weight excluding hydrogens is 338 g/mol. The van der Waals surface area contributed by atoms with E-state index < -0.39 is 0 Å². The highest BCUT2D eigenvalue weighted by Crippen LogP contribution is 2.16. The van der Waals surface area contributed by atoms with Crippen molar-refractivity contribution in [3.05, 3.63) is 76.8 Å². The second kappa shape index (κ2) is 9.64. The predicted molar refractivity (Wildman–Crippen MR) is 109 cm³/mol. The minimum atomic E-state index is -0.0592. The van der Waals surface area contributed by atoms with E-state index in [1.54, 1.807) is 23.0 Å². The molecule has 0 spiro atoms. The zero-order chi connectivity index (χ0) is 18.9. The number of unbranched alkanes of at least 4 members (excludes halogenated alkanes) is 1. The summed E-state index contributed by atoms with van der Waals surface area (Å²) in [5.74, 6) is 0.599. The van der Waals surface area contributed by atoms with Gasteiger partial charge in [0.05, 0.1) is 5.69 Å². The first-order chi connectivity index (χ1) is 13.3. The molecule has 6 nitrogen and oxygen atoms in total. The molecule has 0 unspecified atom stereocenters. The first-order valence-corrected chi connectivity index (χ1v) is 9.28. The molecule has 0 bridgehead atoms. The van der Waals surface area contributed by atoms with E-state index in [1.165, 1.54) is 5.56 Å². The Balaban J connectivity index is 1.82. The SMILES string of the molecule is NCCCCn1c(NCCc2ccccc2)nc(-c2ccncc2)cc1=O. The first-order valence-electron chi connectivity index (χ1n) is 9.28. The summed E-state index contributed by atoms with van der Waals surface area (Å²) in [4.78, 5) is 21.4. The number of aromatic nitrogens is 3. The van der Waals surface area contributed by atoms with Gasteiger partial charge in [-0.15, -0.1) is 0 Å². The Kier molecular flexibility index (Phi) is 6.71. The summed E-state index contributed by atoms with van der Waals surface area (Å²) < 4.78 is 1.70. The fourth-order valence-corrected chi connectivity index (χ4v) is 2.91. The van der Waals surface area contributed by atoms with Crippen molar-refractivity contribution in [2.24, 2.45) is 5.73 Å². The Morgan fingerprint density at radius 1 is 1.04 bits per heavy atom. The average molecular weight is 363 g/mol. The number of anilines is 1. The highest BCUT2D eigenvalue weighted by molar-refractivity contribution is 5.59. The van der Waals surface area contributed by atoms with E-state index in [9.17, 15) is 4.79 Å². The van der Waals surface area contributed by atoms with Crippen LogP contribution in [0.1, 0.15) is 18.4 Å². The lowest BCUT2D eigenvalue weighted by molar-refractivity contribution is 0.595. The van der Waals surface area contributed by atoms with Crippen LogP contribution in [-0.4, -0.2) is 27.6 Å². The number of hydrogen-bond acceptors (Lipinski definition) is 5. The summed E-state index contributed by atoms with van der Waals surface area (Å²) in [6, 6.07) is 15.5. The molecule has 3 aromatic rings. The van der Waals surface area contributed by atoms with Crippen LogP contribution in [0.2, 0.25) is 0 Å². The summed E-state index contributed by atoms with van der Waals surface area (Å²) >= 11 is 0.